The molecule has 32 heavy (non-hydrogen) atoms. The molecular weight excluding hydrogens is 398 g/mol. The Labute approximate surface area is 189 Å². The molecule has 7 heteroatoms. The molecule has 0 bridgehead atoms. The fourth-order valence-electron chi connectivity index (χ4n) is 3.61. The minimum atomic E-state index is 0.0681. The number of benzene rings is 1. The van der Waals surface area contributed by atoms with Gasteiger partial charge in [0.1, 0.15) is 5.52 Å². The second kappa shape index (κ2) is 8.94. The molecule has 0 atom stereocenters. The Morgan fingerprint density at radius 3 is 2.69 bits per heavy atom. The molecule has 7 nitrogen and oxygen atoms in total. The van der Waals surface area contributed by atoms with Crippen LogP contribution in [0.2, 0.25) is 0 Å². The number of hydrogen-bond donors (Lipinski definition) is 2. The average Bonchev–Trinajstić information content (AvgIpc) is 3.13. The van der Waals surface area contributed by atoms with Crippen molar-refractivity contribution in [3.8, 4) is 0 Å². The number of anilines is 3. The monoisotopic (exact) mass is 429 g/mol. The van der Waals surface area contributed by atoms with Crippen LogP contribution in [0, 0.1) is 6.92 Å². The summed E-state index contributed by atoms with van der Waals surface area (Å²) in [4.78, 5) is 18.0. The van der Waals surface area contributed by atoms with Gasteiger partial charge in [-0.2, -0.15) is 9.97 Å². The van der Waals surface area contributed by atoms with Crippen LogP contribution in [0.5, 0.6) is 0 Å². The van der Waals surface area contributed by atoms with Gasteiger partial charge in [0.15, 0.2) is 11.5 Å². The smallest absolute Gasteiger partial charge is 0.226 e. The van der Waals surface area contributed by atoms with Crippen LogP contribution < -0.4 is 10.6 Å². The SMILES string of the molecule is Cc1ccc(C(C)(C)C)cc1Nc1nc(NCCCc2cccnc2)nc2ncn(C)c12. The third-order valence-corrected chi connectivity index (χ3v) is 5.58. The van der Waals surface area contributed by atoms with E-state index in [1.54, 1.807) is 12.5 Å². The van der Waals surface area contributed by atoms with E-state index in [0.717, 1.165) is 42.0 Å². The average molecular weight is 430 g/mol. The summed E-state index contributed by atoms with van der Waals surface area (Å²) in [6, 6.07) is 10.6. The maximum Gasteiger partial charge on any atom is 0.226 e. The van der Waals surface area contributed by atoms with Crippen molar-refractivity contribution in [1.29, 1.82) is 0 Å². The molecule has 1 aromatic carbocycles. The van der Waals surface area contributed by atoms with Crippen molar-refractivity contribution < 1.29 is 0 Å². The summed E-state index contributed by atoms with van der Waals surface area (Å²) in [5, 5.41) is 6.91. The molecule has 0 aliphatic heterocycles. The van der Waals surface area contributed by atoms with Gasteiger partial charge in [0.05, 0.1) is 6.33 Å². The molecular formula is C25H31N7. The highest BCUT2D eigenvalue weighted by Gasteiger charge is 2.17. The van der Waals surface area contributed by atoms with Gasteiger partial charge >= 0.3 is 0 Å². The molecule has 2 N–H and O–H groups in total. The number of fused-ring (bicyclic) bond motifs is 1. The zero-order valence-corrected chi connectivity index (χ0v) is 19.5. The Balaban J connectivity index is 1.57. The molecule has 3 aromatic heterocycles. The maximum absolute atomic E-state index is 4.80. The van der Waals surface area contributed by atoms with Gasteiger partial charge < -0.3 is 15.2 Å². The van der Waals surface area contributed by atoms with Crippen LogP contribution in [0.4, 0.5) is 17.5 Å². The quantitative estimate of drug-likeness (QED) is 0.395. The lowest BCUT2D eigenvalue weighted by Gasteiger charge is -2.21. The van der Waals surface area contributed by atoms with Crippen LogP contribution in [-0.2, 0) is 18.9 Å². The second-order valence-electron chi connectivity index (χ2n) is 9.22. The van der Waals surface area contributed by atoms with Crippen molar-refractivity contribution in [2.24, 2.45) is 7.05 Å². The minimum absolute atomic E-state index is 0.0681. The molecule has 0 radical (unpaired) electrons. The zero-order valence-electron chi connectivity index (χ0n) is 19.5. The standard InChI is InChI=1S/C25H31N7/c1-17-10-11-19(25(2,3)4)14-20(17)29-23-21-22(28-16-32(21)5)30-24(31-23)27-13-7-9-18-8-6-12-26-15-18/h6,8,10-12,14-16H,7,9,13H2,1-5H3,(H2,27,29,30,31). The summed E-state index contributed by atoms with van der Waals surface area (Å²) in [5.74, 6) is 1.33. The molecule has 0 saturated heterocycles. The Bertz CT molecular complexity index is 1210. The van der Waals surface area contributed by atoms with Gasteiger partial charge in [-0.25, -0.2) is 4.98 Å². The molecule has 0 aliphatic carbocycles. The number of imidazole rings is 1. The number of rotatable bonds is 7. The molecule has 3 heterocycles. The molecule has 4 aromatic rings. The molecule has 0 fully saturated rings. The third kappa shape index (κ3) is 4.88. The first-order chi connectivity index (χ1) is 15.3. The van der Waals surface area contributed by atoms with Gasteiger partial charge in [0.25, 0.3) is 0 Å². The van der Waals surface area contributed by atoms with Gasteiger partial charge in [-0.15, -0.1) is 0 Å². The van der Waals surface area contributed by atoms with E-state index in [4.69, 9.17) is 4.98 Å². The van der Waals surface area contributed by atoms with Gasteiger partial charge in [-0.05, 0) is 54.0 Å². The molecule has 0 saturated carbocycles. The molecule has 0 unspecified atom stereocenters. The van der Waals surface area contributed by atoms with Crippen molar-refractivity contribution in [3.05, 3.63) is 65.7 Å². The predicted molar refractivity (Wildman–Crippen MR) is 131 cm³/mol. The first kappa shape index (κ1) is 21.7. The Morgan fingerprint density at radius 2 is 1.94 bits per heavy atom. The first-order valence-electron chi connectivity index (χ1n) is 11.0. The third-order valence-electron chi connectivity index (χ3n) is 5.58. The molecule has 166 valence electrons. The highest BCUT2D eigenvalue weighted by atomic mass is 15.2. The number of aromatic nitrogens is 5. The molecule has 4 rings (SSSR count). The summed E-state index contributed by atoms with van der Waals surface area (Å²) < 4.78 is 1.95. The number of hydrogen-bond acceptors (Lipinski definition) is 6. The Hall–Kier alpha value is -3.48. The van der Waals surface area contributed by atoms with E-state index < -0.39 is 0 Å². The molecule has 0 amide bonds. The molecule has 0 aliphatic rings. The number of nitrogens with zero attached hydrogens (tertiary/aromatic N) is 5. The van der Waals surface area contributed by atoms with Gasteiger partial charge in [-0.1, -0.05) is 39.0 Å². The van der Waals surface area contributed by atoms with Crippen LogP contribution in [0.1, 0.15) is 43.9 Å². The summed E-state index contributed by atoms with van der Waals surface area (Å²) in [6.45, 7) is 9.54. The van der Waals surface area contributed by atoms with Crippen LogP contribution in [-0.4, -0.2) is 31.0 Å². The summed E-state index contributed by atoms with van der Waals surface area (Å²) in [7, 11) is 1.96. The second-order valence-corrected chi connectivity index (χ2v) is 9.22. The molecule has 0 spiro atoms. The van der Waals surface area contributed by atoms with Crippen molar-refractivity contribution in [2.45, 2.75) is 46.0 Å². The zero-order chi connectivity index (χ0) is 22.7. The van der Waals surface area contributed by atoms with E-state index in [2.05, 4.69) is 77.5 Å². The fraction of sp³-hybridized carbons (Fsp3) is 0.360. The lowest BCUT2D eigenvalue weighted by Crippen LogP contribution is -2.12. The highest BCUT2D eigenvalue weighted by molar-refractivity contribution is 5.87. The normalized spacial score (nSPS) is 11.7. The maximum atomic E-state index is 4.80. The van der Waals surface area contributed by atoms with Crippen LogP contribution >= 0.6 is 0 Å². The Morgan fingerprint density at radius 1 is 1.09 bits per heavy atom. The van der Waals surface area contributed by atoms with E-state index in [1.165, 1.54) is 11.1 Å². The van der Waals surface area contributed by atoms with E-state index in [1.807, 2.05) is 23.9 Å². The minimum Gasteiger partial charge on any atom is -0.354 e. The summed E-state index contributed by atoms with van der Waals surface area (Å²) >= 11 is 0. The van der Waals surface area contributed by atoms with Crippen LogP contribution in [0.25, 0.3) is 11.2 Å². The van der Waals surface area contributed by atoms with Gasteiger partial charge in [-0.3, -0.25) is 4.98 Å². The van der Waals surface area contributed by atoms with E-state index in [-0.39, 0.29) is 5.41 Å². The number of aryl methyl sites for hydroxylation is 3. The number of nitrogens with one attached hydrogen (secondary N) is 2. The van der Waals surface area contributed by atoms with Crippen LogP contribution in [0.3, 0.4) is 0 Å². The Kier molecular flexibility index (Phi) is 6.08. The first-order valence-corrected chi connectivity index (χ1v) is 11.0. The largest absolute Gasteiger partial charge is 0.354 e. The predicted octanol–water partition coefficient (Wildman–Crippen LogP) is 5.15. The van der Waals surface area contributed by atoms with Crippen molar-refractivity contribution in [3.63, 3.8) is 0 Å². The fourth-order valence-corrected chi connectivity index (χ4v) is 3.61. The van der Waals surface area contributed by atoms with Crippen LogP contribution in [0.15, 0.2) is 49.1 Å². The van der Waals surface area contributed by atoms with E-state index in [0.29, 0.717) is 11.6 Å². The topological polar surface area (TPSA) is 80.6 Å². The van der Waals surface area contributed by atoms with E-state index in [9.17, 15) is 0 Å². The lowest BCUT2D eigenvalue weighted by atomic mass is 9.86. The van der Waals surface area contributed by atoms with E-state index >= 15 is 0 Å². The van der Waals surface area contributed by atoms with Crippen molar-refractivity contribution in [1.82, 2.24) is 24.5 Å². The van der Waals surface area contributed by atoms with Gasteiger partial charge in [0, 0.05) is 31.7 Å². The lowest BCUT2D eigenvalue weighted by molar-refractivity contribution is 0.590. The summed E-state index contributed by atoms with van der Waals surface area (Å²) in [5.41, 5.74) is 6.33. The summed E-state index contributed by atoms with van der Waals surface area (Å²) in [6.07, 6.45) is 7.40. The van der Waals surface area contributed by atoms with Crippen molar-refractivity contribution in [2.75, 3.05) is 17.2 Å². The highest BCUT2D eigenvalue weighted by Crippen LogP contribution is 2.30. The van der Waals surface area contributed by atoms with Gasteiger partial charge in [0.2, 0.25) is 5.95 Å². The number of pyridine rings is 1. The van der Waals surface area contributed by atoms with Crippen molar-refractivity contribution >= 4 is 28.6 Å².